The summed E-state index contributed by atoms with van der Waals surface area (Å²) >= 11 is 0. The van der Waals surface area contributed by atoms with Gasteiger partial charge in [0, 0.05) is 18.4 Å². The predicted octanol–water partition coefficient (Wildman–Crippen LogP) is 7.81. The van der Waals surface area contributed by atoms with E-state index in [1.165, 1.54) is 0 Å². The fourth-order valence-electron chi connectivity index (χ4n) is 5.17. The quantitative estimate of drug-likeness (QED) is 0.172. The molecule has 0 atom stereocenters. The molecule has 0 amide bonds. The Morgan fingerprint density at radius 2 is 1.68 bits per heavy atom. The summed E-state index contributed by atoms with van der Waals surface area (Å²) in [5.41, 5.74) is 6.45. The minimum absolute atomic E-state index is 0.142. The van der Waals surface area contributed by atoms with Crippen LogP contribution < -0.4 is 0 Å². The van der Waals surface area contributed by atoms with Gasteiger partial charge in [-0.05, 0) is 93.3 Å². The molecule has 0 radical (unpaired) electrons. The number of rotatable bonds is 8. The highest BCUT2D eigenvalue weighted by molar-refractivity contribution is 5.99. The molecule has 1 heterocycles. The number of carbonyl (C=O) groups is 2. The molecule has 0 spiro atoms. The summed E-state index contributed by atoms with van der Waals surface area (Å²) in [6.07, 6.45) is 0.436. The zero-order valence-electron chi connectivity index (χ0n) is 25.7. The molecule has 5 rings (SSSR count). The topological polar surface area (TPSA) is 94.2 Å². The zero-order valence-corrected chi connectivity index (χ0v) is 25.7. The van der Waals surface area contributed by atoms with E-state index in [0.717, 1.165) is 33.3 Å². The maximum Gasteiger partial charge on any atom is 0.339 e. The van der Waals surface area contributed by atoms with Gasteiger partial charge in [0.15, 0.2) is 0 Å². The molecule has 0 unspecified atom stereocenters. The molecule has 4 aromatic carbocycles. The second-order valence-corrected chi connectivity index (χ2v) is 11.8. The van der Waals surface area contributed by atoms with E-state index < -0.39 is 17.5 Å². The molecular formula is C37H35N3O4. The lowest BCUT2D eigenvalue weighted by atomic mass is 9.90. The van der Waals surface area contributed by atoms with Crippen molar-refractivity contribution in [3.63, 3.8) is 0 Å². The first-order valence-electron chi connectivity index (χ1n) is 14.6. The van der Waals surface area contributed by atoms with Crippen molar-refractivity contribution in [3.05, 3.63) is 124 Å². The van der Waals surface area contributed by atoms with Gasteiger partial charge in [0.25, 0.3) is 0 Å². The van der Waals surface area contributed by atoms with Gasteiger partial charge in [0.2, 0.25) is 0 Å². The number of aryl methyl sites for hydroxylation is 2. The van der Waals surface area contributed by atoms with Gasteiger partial charge in [0.05, 0.1) is 34.0 Å². The predicted molar refractivity (Wildman–Crippen MR) is 170 cm³/mol. The van der Waals surface area contributed by atoms with E-state index in [0.29, 0.717) is 40.8 Å². The van der Waals surface area contributed by atoms with Gasteiger partial charge in [-0.15, -0.1) is 0 Å². The summed E-state index contributed by atoms with van der Waals surface area (Å²) < 4.78 is 13.3. The highest BCUT2D eigenvalue weighted by atomic mass is 16.6. The Morgan fingerprint density at radius 3 is 2.39 bits per heavy atom. The Kier molecular flexibility index (Phi) is 8.64. The molecule has 222 valence electrons. The smallest absolute Gasteiger partial charge is 0.339 e. The highest BCUT2D eigenvalue weighted by Gasteiger charge is 2.23. The number of ether oxygens (including phenoxy) is 2. The molecule has 1 aromatic heterocycles. The summed E-state index contributed by atoms with van der Waals surface area (Å²) in [6.45, 7) is 10.2. The molecule has 0 N–H and O–H groups in total. The van der Waals surface area contributed by atoms with Crippen molar-refractivity contribution in [3.8, 4) is 17.2 Å². The standard InChI is InChI=1S/C37H35N3O4/c1-6-40-34-19-26(22-38)13-17-30(34)33(39-40)21-27-14-15-28(35(41)44-37(3,4)5)20-31(27)29-16-12-24(2)18-32(29)36(42)43-23-25-10-8-7-9-11-25/h7-20H,6,21,23H2,1-5H3. The van der Waals surface area contributed by atoms with Gasteiger partial charge < -0.3 is 9.47 Å². The first kappa shape index (κ1) is 30.2. The van der Waals surface area contributed by atoms with Crippen molar-refractivity contribution in [2.75, 3.05) is 0 Å². The third-order valence-corrected chi connectivity index (χ3v) is 7.26. The third kappa shape index (κ3) is 6.71. The maximum absolute atomic E-state index is 13.6. The summed E-state index contributed by atoms with van der Waals surface area (Å²) in [5.74, 6) is -0.902. The molecular weight excluding hydrogens is 550 g/mol. The van der Waals surface area contributed by atoms with Gasteiger partial charge in [-0.25, -0.2) is 9.59 Å². The van der Waals surface area contributed by atoms with Crippen LogP contribution in [0.25, 0.3) is 22.0 Å². The van der Waals surface area contributed by atoms with Crippen LogP contribution in [0.1, 0.15) is 76.4 Å². The number of benzene rings is 4. The number of hydrogen-bond donors (Lipinski definition) is 0. The number of carbonyl (C=O) groups excluding carboxylic acids is 2. The summed E-state index contributed by atoms with van der Waals surface area (Å²) in [5, 5.41) is 15.3. The van der Waals surface area contributed by atoms with Gasteiger partial charge in [-0.1, -0.05) is 54.1 Å². The first-order chi connectivity index (χ1) is 21.1. The molecule has 7 nitrogen and oxygen atoms in total. The fraction of sp³-hybridized carbons (Fsp3) is 0.243. The minimum Gasteiger partial charge on any atom is -0.457 e. The summed E-state index contributed by atoms with van der Waals surface area (Å²) in [6, 6.07) is 28.4. The van der Waals surface area contributed by atoms with E-state index in [9.17, 15) is 14.9 Å². The molecule has 7 heteroatoms. The average Bonchev–Trinajstić information content (AvgIpc) is 3.36. The second kappa shape index (κ2) is 12.6. The monoisotopic (exact) mass is 585 g/mol. The normalized spacial score (nSPS) is 11.3. The number of hydrogen-bond acceptors (Lipinski definition) is 6. The van der Waals surface area contributed by atoms with Crippen LogP contribution in [0.4, 0.5) is 0 Å². The molecule has 0 fully saturated rings. The van der Waals surface area contributed by atoms with Crippen molar-refractivity contribution in [2.45, 2.75) is 59.8 Å². The largest absolute Gasteiger partial charge is 0.457 e. The molecule has 0 aliphatic carbocycles. The van der Waals surface area contributed by atoms with Crippen LogP contribution in [0.15, 0.2) is 84.9 Å². The van der Waals surface area contributed by atoms with Crippen LogP contribution >= 0.6 is 0 Å². The molecule has 0 saturated carbocycles. The van der Waals surface area contributed by atoms with Crippen molar-refractivity contribution in [2.24, 2.45) is 0 Å². The molecule has 5 aromatic rings. The van der Waals surface area contributed by atoms with Crippen LogP contribution in [0, 0.1) is 18.3 Å². The Bertz CT molecular complexity index is 1890. The highest BCUT2D eigenvalue weighted by Crippen LogP contribution is 2.33. The van der Waals surface area contributed by atoms with Gasteiger partial charge in [-0.2, -0.15) is 10.4 Å². The van der Waals surface area contributed by atoms with Gasteiger partial charge >= 0.3 is 11.9 Å². The zero-order chi connectivity index (χ0) is 31.4. The van der Waals surface area contributed by atoms with Crippen LogP contribution in [0.5, 0.6) is 0 Å². The lowest BCUT2D eigenvalue weighted by Crippen LogP contribution is -2.24. The Balaban J connectivity index is 1.61. The number of nitrogens with zero attached hydrogens (tertiary/aromatic N) is 3. The van der Waals surface area contributed by atoms with Crippen molar-refractivity contribution in [1.82, 2.24) is 9.78 Å². The molecule has 0 aliphatic rings. The number of fused-ring (bicyclic) bond motifs is 1. The summed E-state index contributed by atoms with van der Waals surface area (Å²) in [4.78, 5) is 26.7. The Labute approximate surface area is 257 Å². The number of esters is 2. The first-order valence-corrected chi connectivity index (χ1v) is 14.6. The number of nitriles is 1. The minimum atomic E-state index is -0.666. The van der Waals surface area contributed by atoms with Gasteiger partial charge in [0.1, 0.15) is 12.2 Å². The molecule has 0 saturated heterocycles. The van der Waals surface area contributed by atoms with Crippen LogP contribution in [0.2, 0.25) is 0 Å². The van der Waals surface area contributed by atoms with Crippen LogP contribution in [-0.2, 0) is 29.0 Å². The lowest BCUT2D eigenvalue weighted by Gasteiger charge is -2.20. The van der Waals surface area contributed by atoms with E-state index in [2.05, 4.69) is 6.07 Å². The Morgan fingerprint density at radius 1 is 0.909 bits per heavy atom. The van der Waals surface area contributed by atoms with E-state index in [-0.39, 0.29) is 6.61 Å². The van der Waals surface area contributed by atoms with Crippen LogP contribution in [0.3, 0.4) is 0 Å². The van der Waals surface area contributed by atoms with Crippen molar-refractivity contribution < 1.29 is 19.1 Å². The van der Waals surface area contributed by atoms with Gasteiger partial charge in [-0.3, -0.25) is 4.68 Å². The lowest BCUT2D eigenvalue weighted by molar-refractivity contribution is 0.00693. The number of aromatic nitrogens is 2. The Hall–Kier alpha value is -5.22. The van der Waals surface area contributed by atoms with E-state index in [1.54, 1.807) is 18.2 Å². The van der Waals surface area contributed by atoms with Crippen LogP contribution in [-0.4, -0.2) is 27.3 Å². The summed E-state index contributed by atoms with van der Waals surface area (Å²) in [7, 11) is 0. The van der Waals surface area contributed by atoms with Crippen molar-refractivity contribution >= 4 is 22.8 Å². The average molecular weight is 586 g/mol. The van der Waals surface area contributed by atoms with E-state index in [1.807, 2.05) is 106 Å². The SMILES string of the molecule is CCn1nc(Cc2ccc(C(=O)OC(C)(C)C)cc2-c2ccc(C)cc2C(=O)OCc2ccccc2)c2ccc(C#N)cc21. The van der Waals surface area contributed by atoms with E-state index >= 15 is 0 Å². The van der Waals surface area contributed by atoms with Crippen molar-refractivity contribution in [1.29, 1.82) is 5.26 Å². The fourth-order valence-corrected chi connectivity index (χ4v) is 5.17. The molecule has 0 bridgehead atoms. The second-order valence-electron chi connectivity index (χ2n) is 11.8. The molecule has 44 heavy (non-hydrogen) atoms. The van der Waals surface area contributed by atoms with E-state index in [4.69, 9.17) is 14.6 Å². The third-order valence-electron chi connectivity index (χ3n) is 7.26. The maximum atomic E-state index is 13.6. The molecule has 0 aliphatic heterocycles.